The van der Waals surface area contributed by atoms with Gasteiger partial charge in [-0.25, -0.2) is 4.79 Å². The van der Waals surface area contributed by atoms with E-state index >= 15 is 0 Å². The van der Waals surface area contributed by atoms with Crippen molar-refractivity contribution in [3.8, 4) is 16.9 Å². The van der Waals surface area contributed by atoms with Crippen molar-refractivity contribution in [1.29, 1.82) is 0 Å². The number of ether oxygens (including phenoxy) is 2. The van der Waals surface area contributed by atoms with Gasteiger partial charge in [-0.05, 0) is 43.0 Å². The van der Waals surface area contributed by atoms with E-state index in [0.717, 1.165) is 61.8 Å². The van der Waals surface area contributed by atoms with Crippen molar-refractivity contribution in [2.75, 3.05) is 13.2 Å². The number of pyridine rings is 1. The van der Waals surface area contributed by atoms with Gasteiger partial charge in [-0.3, -0.25) is 4.98 Å². The first-order valence-corrected chi connectivity index (χ1v) is 14.8. The smallest absolute Gasteiger partial charge is 0.389 e. The summed E-state index contributed by atoms with van der Waals surface area (Å²) in [6.07, 6.45) is 13.8. The van der Waals surface area contributed by atoms with Gasteiger partial charge in [0.2, 0.25) is 0 Å². The number of aromatic nitrogens is 1. The van der Waals surface area contributed by atoms with Crippen LogP contribution in [0.2, 0.25) is 0 Å². The zero-order valence-corrected chi connectivity index (χ0v) is 23.6. The van der Waals surface area contributed by atoms with Crippen LogP contribution in [0.4, 0.5) is 13.2 Å². The van der Waals surface area contributed by atoms with Gasteiger partial charge in [-0.15, -0.1) is 0 Å². The fourth-order valence-corrected chi connectivity index (χ4v) is 4.44. The quantitative estimate of drug-likeness (QED) is 0.115. The lowest BCUT2D eigenvalue weighted by Gasteiger charge is -2.09. The van der Waals surface area contributed by atoms with Crippen LogP contribution in [0.3, 0.4) is 0 Å². The van der Waals surface area contributed by atoms with E-state index < -0.39 is 12.6 Å². The molecule has 1 aromatic heterocycles. The van der Waals surface area contributed by atoms with Gasteiger partial charge < -0.3 is 9.47 Å². The molecule has 0 saturated heterocycles. The highest BCUT2D eigenvalue weighted by atomic mass is 19.4. The number of benzene rings is 1. The van der Waals surface area contributed by atoms with Crippen LogP contribution in [0.1, 0.15) is 120 Å². The maximum Gasteiger partial charge on any atom is 0.389 e. The van der Waals surface area contributed by atoms with Crippen LogP contribution < -0.4 is 4.74 Å². The number of carbonyl (C=O) groups excluding carboxylic acids is 1. The molecule has 0 unspecified atom stereocenters. The monoisotopic (exact) mass is 549 g/mol. The Labute approximate surface area is 232 Å². The van der Waals surface area contributed by atoms with Crippen molar-refractivity contribution >= 4 is 5.97 Å². The summed E-state index contributed by atoms with van der Waals surface area (Å²) in [6, 6.07) is 9.51. The highest BCUT2D eigenvalue weighted by Crippen LogP contribution is 2.24. The first kappa shape index (κ1) is 32.6. The number of alkyl halides is 3. The molecular weight excluding hydrogens is 503 g/mol. The predicted octanol–water partition coefficient (Wildman–Crippen LogP) is 10.1. The van der Waals surface area contributed by atoms with Crippen molar-refractivity contribution in [2.45, 2.75) is 116 Å². The SMILES string of the molecule is CCCCCCCCCCOC(=O)c1cncc(-c2ccc(OCCCCCCCCCC(F)(F)F)cc2)c1. The first-order chi connectivity index (χ1) is 18.9. The molecule has 4 nitrogen and oxygen atoms in total. The van der Waals surface area contributed by atoms with Gasteiger partial charge in [0.15, 0.2) is 0 Å². The summed E-state index contributed by atoms with van der Waals surface area (Å²) in [4.78, 5) is 16.7. The molecule has 0 fully saturated rings. The largest absolute Gasteiger partial charge is 0.494 e. The van der Waals surface area contributed by atoms with Crippen molar-refractivity contribution in [3.05, 3.63) is 48.3 Å². The Balaban J connectivity index is 1.61. The Morgan fingerprint density at radius 1 is 0.718 bits per heavy atom. The van der Waals surface area contributed by atoms with E-state index in [-0.39, 0.29) is 12.4 Å². The maximum absolute atomic E-state index is 12.5. The van der Waals surface area contributed by atoms with Gasteiger partial charge in [-0.2, -0.15) is 13.2 Å². The number of hydrogen-bond donors (Lipinski definition) is 0. The number of rotatable bonds is 21. The van der Waals surface area contributed by atoms with E-state index in [2.05, 4.69) is 11.9 Å². The Kier molecular flexibility index (Phi) is 16.3. The first-order valence-electron chi connectivity index (χ1n) is 14.8. The Morgan fingerprint density at radius 3 is 1.90 bits per heavy atom. The number of esters is 1. The van der Waals surface area contributed by atoms with Gasteiger partial charge in [0, 0.05) is 24.4 Å². The number of nitrogens with zero attached hydrogens (tertiary/aromatic N) is 1. The van der Waals surface area contributed by atoms with Gasteiger partial charge in [0.25, 0.3) is 0 Å². The van der Waals surface area contributed by atoms with Crippen molar-refractivity contribution in [2.24, 2.45) is 0 Å². The van der Waals surface area contributed by atoms with Crippen LogP contribution in [0, 0.1) is 0 Å². The number of unbranched alkanes of at least 4 members (excludes halogenated alkanes) is 13. The summed E-state index contributed by atoms with van der Waals surface area (Å²) < 4.78 is 47.7. The van der Waals surface area contributed by atoms with E-state index in [0.29, 0.717) is 25.2 Å². The molecular formula is C32H46F3NO3. The topological polar surface area (TPSA) is 48.4 Å². The summed E-state index contributed by atoms with van der Waals surface area (Å²) >= 11 is 0. The molecule has 1 heterocycles. The lowest BCUT2D eigenvalue weighted by Crippen LogP contribution is -2.07. The van der Waals surface area contributed by atoms with E-state index in [9.17, 15) is 18.0 Å². The molecule has 0 bridgehead atoms. The molecule has 1 aromatic carbocycles. The van der Waals surface area contributed by atoms with Gasteiger partial charge >= 0.3 is 12.1 Å². The van der Waals surface area contributed by atoms with E-state index in [1.54, 1.807) is 12.4 Å². The number of carbonyl (C=O) groups is 1. The highest BCUT2D eigenvalue weighted by molar-refractivity contribution is 5.90. The fourth-order valence-electron chi connectivity index (χ4n) is 4.44. The highest BCUT2D eigenvalue weighted by Gasteiger charge is 2.25. The Morgan fingerprint density at radius 2 is 1.28 bits per heavy atom. The summed E-state index contributed by atoms with van der Waals surface area (Å²) in [7, 11) is 0. The van der Waals surface area contributed by atoms with Crippen LogP contribution in [-0.4, -0.2) is 30.3 Å². The van der Waals surface area contributed by atoms with Gasteiger partial charge in [0.05, 0.1) is 18.8 Å². The minimum atomic E-state index is -4.03. The number of hydrogen-bond acceptors (Lipinski definition) is 4. The van der Waals surface area contributed by atoms with Crippen molar-refractivity contribution in [1.82, 2.24) is 4.98 Å². The van der Waals surface area contributed by atoms with Gasteiger partial charge in [0.1, 0.15) is 5.75 Å². The standard InChI is InChI=1S/C32H46F3NO3/c1-2-3-4-5-6-9-13-16-23-39-31(37)29-24-28(25-36-26-29)27-17-19-30(20-18-27)38-22-15-12-10-7-8-11-14-21-32(33,34)35/h17-20,24-26H,2-16,21-23H2,1H3. The third-order valence-corrected chi connectivity index (χ3v) is 6.77. The molecule has 39 heavy (non-hydrogen) atoms. The van der Waals surface area contributed by atoms with E-state index in [1.807, 2.05) is 30.3 Å². The third kappa shape index (κ3) is 15.6. The molecule has 0 aliphatic rings. The second-order valence-electron chi connectivity index (χ2n) is 10.3. The van der Waals surface area contributed by atoms with E-state index in [1.165, 1.54) is 38.5 Å². The Hall–Kier alpha value is -2.57. The number of halogens is 3. The molecule has 0 atom stereocenters. The average molecular weight is 550 g/mol. The second kappa shape index (κ2) is 19.5. The van der Waals surface area contributed by atoms with E-state index in [4.69, 9.17) is 9.47 Å². The molecule has 0 spiro atoms. The lowest BCUT2D eigenvalue weighted by atomic mass is 10.1. The van der Waals surface area contributed by atoms with Crippen LogP contribution in [0.25, 0.3) is 11.1 Å². The fraction of sp³-hybridized carbons (Fsp3) is 0.625. The summed E-state index contributed by atoms with van der Waals surface area (Å²) in [6.45, 7) is 3.27. The van der Waals surface area contributed by atoms with Crippen LogP contribution in [0.15, 0.2) is 42.7 Å². The zero-order chi connectivity index (χ0) is 28.2. The molecule has 2 rings (SSSR count). The molecule has 7 heteroatoms. The minimum Gasteiger partial charge on any atom is -0.494 e. The van der Waals surface area contributed by atoms with Crippen LogP contribution >= 0.6 is 0 Å². The third-order valence-electron chi connectivity index (χ3n) is 6.77. The summed E-state index contributed by atoms with van der Waals surface area (Å²) in [5.74, 6) is 0.438. The summed E-state index contributed by atoms with van der Waals surface area (Å²) in [5, 5.41) is 0. The Bertz CT molecular complexity index is 916. The second-order valence-corrected chi connectivity index (χ2v) is 10.3. The average Bonchev–Trinajstić information content (AvgIpc) is 2.93. The minimum absolute atomic E-state index is 0.229. The zero-order valence-electron chi connectivity index (χ0n) is 23.6. The molecule has 0 N–H and O–H groups in total. The lowest BCUT2D eigenvalue weighted by molar-refractivity contribution is -0.135. The molecule has 218 valence electrons. The molecule has 0 aliphatic carbocycles. The maximum atomic E-state index is 12.5. The predicted molar refractivity (Wildman–Crippen MR) is 151 cm³/mol. The van der Waals surface area contributed by atoms with Gasteiger partial charge in [-0.1, -0.05) is 96.1 Å². The van der Waals surface area contributed by atoms with Crippen LogP contribution in [-0.2, 0) is 4.74 Å². The molecule has 0 amide bonds. The molecule has 0 saturated carbocycles. The van der Waals surface area contributed by atoms with Crippen LogP contribution in [0.5, 0.6) is 5.75 Å². The molecule has 0 aliphatic heterocycles. The molecule has 2 aromatic rings. The normalized spacial score (nSPS) is 11.5. The summed E-state index contributed by atoms with van der Waals surface area (Å²) in [5.41, 5.74) is 2.24. The molecule has 0 radical (unpaired) electrons. The van der Waals surface area contributed by atoms with Crippen molar-refractivity contribution in [3.63, 3.8) is 0 Å². The van der Waals surface area contributed by atoms with Crippen molar-refractivity contribution < 1.29 is 27.4 Å².